The largest absolute Gasteiger partial charge is 0.481 e. The van der Waals surface area contributed by atoms with Gasteiger partial charge in [0.1, 0.15) is 11.4 Å². The van der Waals surface area contributed by atoms with Crippen LogP contribution in [0.2, 0.25) is 0 Å². The molecule has 2 aromatic rings. The second-order valence-corrected chi connectivity index (χ2v) is 7.28. The number of amides is 1. The Balaban J connectivity index is 1.80. The molecule has 1 N–H and O–H groups in total. The predicted molar refractivity (Wildman–Crippen MR) is 89.0 cm³/mol. The fourth-order valence-electron chi connectivity index (χ4n) is 2.60. The molecule has 23 heavy (non-hydrogen) atoms. The summed E-state index contributed by atoms with van der Waals surface area (Å²) in [7, 11) is 0. The Bertz CT molecular complexity index is 801. The van der Waals surface area contributed by atoms with E-state index in [-0.39, 0.29) is 30.5 Å². The van der Waals surface area contributed by atoms with Gasteiger partial charge in [-0.25, -0.2) is 4.98 Å². The first-order valence-electron chi connectivity index (χ1n) is 7.08. The molecule has 0 radical (unpaired) electrons. The van der Waals surface area contributed by atoms with Crippen molar-refractivity contribution in [1.82, 2.24) is 14.5 Å². The molecule has 1 saturated heterocycles. The number of carbonyl (C=O) groups excluding carboxylic acids is 1. The van der Waals surface area contributed by atoms with E-state index in [1.54, 1.807) is 28.1 Å². The fraction of sp³-hybridized carbons (Fsp3) is 0.429. The topological polar surface area (TPSA) is 92.5 Å². The number of thioether (sulfide) groups is 1. The third-order valence-corrected chi connectivity index (χ3v) is 5.63. The minimum Gasteiger partial charge on any atom is -0.481 e. The highest BCUT2D eigenvalue weighted by Gasteiger charge is 2.29. The molecule has 3 rings (SSSR count). The van der Waals surface area contributed by atoms with E-state index in [9.17, 15) is 14.4 Å². The lowest BCUT2D eigenvalue weighted by Crippen LogP contribution is -2.48. The number of nitrogens with zero attached hydrogens (tertiary/aromatic N) is 3. The van der Waals surface area contributed by atoms with Gasteiger partial charge >= 0.3 is 5.97 Å². The molecule has 7 nitrogen and oxygen atoms in total. The highest BCUT2D eigenvalue weighted by molar-refractivity contribution is 7.99. The van der Waals surface area contributed by atoms with Crippen LogP contribution in [0, 0.1) is 0 Å². The van der Waals surface area contributed by atoms with E-state index in [4.69, 9.17) is 5.11 Å². The number of fused-ring (bicyclic) bond motifs is 1. The van der Waals surface area contributed by atoms with E-state index >= 15 is 0 Å². The Morgan fingerprint density at radius 1 is 1.43 bits per heavy atom. The minimum atomic E-state index is -0.922. The van der Waals surface area contributed by atoms with Gasteiger partial charge in [0.2, 0.25) is 5.91 Å². The lowest BCUT2D eigenvalue weighted by molar-refractivity contribution is -0.140. The summed E-state index contributed by atoms with van der Waals surface area (Å²) >= 11 is 3.02. The number of thiophene rings is 1. The summed E-state index contributed by atoms with van der Waals surface area (Å²) in [4.78, 5) is 42.2. The lowest BCUT2D eigenvalue weighted by atomic mass is 10.2. The van der Waals surface area contributed by atoms with E-state index in [1.165, 1.54) is 22.2 Å². The van der Waals surface area contributed by atoms with Gasteiger partial charge < -0.3 is 10.0 Å². The first-order valence-corrected chi connectivity index (χ1v) is 9.11. The third-order valence-electron chi connectivity index (χ3n) is 3.71. The molecule has 1 atom stereocenters. The van der Waals surface area contributed by atoms with Gasteiger partial charge in [0.15, 0.2) is 0 Å². The van der Waals surface area contributed by atoms with Gasteiger partial charge in [-0.2, -0.15) is 11.8 Å². The van der Waals surface area contributed by atoms with E-state index in [0.29, 0.717) is 22.5 Å². The molecule has 1 aliphatic rings. The maximum absolute atomic E-state index is 12.5. The van der Waals surface area contributed by atoms with Gasteiger partial charge in [-0.1, -0.05) is 0 Å². The summed E-state index contributed by atoms with van der Waals surface area (Å²) in [6, 6.07) is 1.37. The van der Waals surface area contributed by atoms with Gasteiger partial charge in [-0.05, 0) is 11.4 Å². The van der Waals surface area contributed by atoms with Crippen LogP contribution in [0.25, 0.3) is 10.2 Å². The van der Waals surface area contributed by atoms with Crippen LogP contribution in [0.5, 0.6) is 0 Å². The van der Waals surface area contributed by atoms with E-state index in [2.05, 4.69) is 4.98 Å². The molecule has 0 aliphatic carbocycles. The summed E-state index contributed by atoms with van der Waals surface area (Å²) in [5.41, 5.74) is -0.245. The molecule has 122 valence electrons. The van der Waals surface area contributed by atoms with Crippen LogP contribution < -0.4 is 5.56 Å². The van der Waals surface area contributed by atoms with Crippen LogP contribution in [0.4, 0.5) is 0 Å². The number of aromatic nitrogens is 2. The summed E-state index contributed by atoms with van der Waals surface area (Å²) in [6.45, 7) is 0.392. The second kappa shape index (κ2) is 6.71. The van der Waals surface area contributed by atoms with Crippen molar-refractivity contribution in [2.24, 2.45) is 0 Å². The molecular formula is C14H15N3O4S2. The number of aliphatic carboxylic acids is 1. The average Bonchev–Trinajstić information content (AvgIpc) is 2.99. The van der Waals surface area contributed by atoms with Crippen molar-refractivity contribution in [3.63, 3.8) is 0 Å². The normalized spacial score (nSPS) is 18.3. The predicted octanol–water partition coefficient (Wildman–Crippen LogP) is 0.877. The molecule has 9 heteroatoms. The molecule has 1 fully saturated rings. The van der Waals surface area contributed by atoms with E-state index in [1.807, 2.05) is 0 Å². The van der Waals surface area contributed by atoms with Crippen molar-refractivity contribution >= 4 is 45.2 Å². The summed E-state index contributed by atoms with van der Waals surface area (Å²) in [5, 5.41) is 11.3. The van der Waals surface area contributed by atoms with Gasteiger partial charge in [0.05, 0.1) is 24.2 Å². The monoisotopic (exact) mass is 353 g/mol. The number of hydrogen-bond donors (Lipinski definition) is 1. The quantitative estimate of drug-likeness (QED) is 0.877. The van der Waals surface area contributed by atoms with Crippen molar-refractivity contribution in [1.29, 1.82) is 0 Å². The van der Waals surface area contributed by atoms with E-state index in [0.717, 1.165) is 5.75 Å². The van der Waals surface area contributed by atoms with Crippen LogP contribution in [-0.4, -0.2) is 55.5 Å². The first kappa shape index (κ1) is 16.0. The molecule has 0 bridgehead atoms. The van der Waals surface area contributed by atoms with E-state index < -0.39 is 5.97 Å². The first-order chi connectivity index (χ1) is 11.1. The minimum absolute atomic E-state index is 0.0740. The Hall–Kier alpha value is -1.87. The Morgan fingerprint density at radius 3 is 3.04 bits per heavy atom. The number of carbonyl (C=O) groups is 2. The molecule has 0 spiro atoms. The molecule has 1 aliphatic heterocycles. The van der Waals surface area contributed by atoms with Crippen molar-refractivity contribution in [2.75, 3.05) is 18.1 Å². The Labute approximate surface area is 139 Å². The smallest absolute Gasteiger partial charge is 0.305 e. The molecule has 1 amide bonds. The SMILES string of the molecule is O=C(O)CC1CSCCN1C(=O)Cn1cnc2sccc2c1=O. The number of carboxylic acids is 1. The van der Waals surface area contributed by atoms with Gasteiger partial charge in [-0.3, -0.25) is 19.0 Å². The van der Waals surface area contributed by atoms with Gasteiger partial charge in [0, 0.05) is 18.1 Å². The average molecular weight is 353 g/mol. The zero-order chi connectivity index (χ0) is 16.4. The van der Waals surface area contributed by atoms with Crippen LogP contribution in [-0.2, 0) is 16.1 Å². The molecule has 0 aromatic carbocycles. The maximum atomic E-state index is 12.5. The zero-order valence-electron chi connectivity index (χ0n) is 12.2. The zero-order valence-corrected chi connectivity index (χ0v) is 13.8. The van der Waals surface area contributed by atoms with Crippen LogP contribution in [0.3, 0.4) is 0 Å². The second-order valence-electron chi connectivity index (χ2n) is 5.23. The Morgan fingerprint density at radius 2 is 2.26 bits per heavy atom. The van der Waals surface area contributed by atoms with Crippen LogP contribution in [0.1, 0.15) is 6.42 Å². The molecular weight excluding hydrogens is 338 g/mol. The van der Waals surface area contributed by atoms with Crippen LogP contribution in [0.15, 0.2) is 22.6 Å². The number of carboxylic acid groups (broad SMARTS) is 1. The lowest BCUT2D eigenvalue weighted by Gasteiger charge is -2.34. The molecule has 2 aromatic heterocycles. The molecule has 1 unspecified atom stereocenters. The maximum Gasteiger partial charge on any atom is 0.305 e. The highest BCUT2D eigenvalue weighted by Crippen LogP contribution is 2.19. The van der Waals surface area contributed by atoms with Crippen molar-refractivity contribution in [3.8, 4) is 0 Å². The standard InChI is InChI=1S/C14H15N3O4S2/c18-11(17-2-4-22-7-9(17)5-12(19)20)6-16-8-15-13-10(14(16)21)1-3-23-13/h1,3,8-9H,2,4-7H2,(H,19,20). The molecule has 0 saturated carbocycles. The van der Waals surface area contributed by atoms with Crippen molar-refractivity contribution < 1.29 is 14.7 Å². The third kappa shape index (κ3) is 3.40. The van der Waals surface area contributed by atoms with Crippen LogP contribution >= 0.6 is 23.1 Å². The fourth-order valence-corrected chi connectivity index (χ4v) is 4.38. The number of rotatable bonds is 4. The van der Waals surface area contributed by atoms with Gasteiger partial charge in [-0.15, -0.1) is 11.3 Å². The number of hydrogen-bond acceptors (Lipinski definition) is 6. The summed E-state index contributed by atoms with van der Waals surface area (Å²) in [5.74, 6) is 0.219. The summed E-state index contributed by atoms with van der Waals surface area (Å²) < 4.78 is 1.29. The van der Waals surface area contributed by atoms with Gasteiger partial charge in [0.25, 0.3) is 5.56 Å². The molecule has 3 heterocycles. The van der Waals surface area contributed by atoms with Crippen molar-refractivity contribution in [3.05, 3.63) is 28.1 Å². The summed E-state index contributed by atoms with van der Waals surface area (Å²) in [6.07, 6.45) is 1.30. The van der Waals surface area contributed by atoms with Crippen molar-refractivity contribution in [2.45, 2.75) is 19.0 Å². The Kier molecular flexibility index (Phi) is 4.67. The highest BCUT2D eigenvalue weighted by atomic mass is 32.2.